The first-order valence-corrected chi connectivity index (χ1v) is 6.82. The van der Waals surface area contributed by atoms with Crippen molar-refractivity contribution in [1.29, 1.82) is 0 Å². The molecule has 0 radical (unpaired) electrons. The number of aromatic nitrogens is 3. The predicted octanol–water partition coefficient (Wildman–Crippen LogP) is 2.84. The number of rotatable bonds is 5. The van der Waals surface area contributed by atoms with Gasteiger partial charge in [0, 0.05) is 0 Å². The highest BCUT2D eigenvalue weighted by molar-refractivity contribution is 5.37. The minimum Gasteiger partial charge on any atom is -0.390 e. The van der Waals surface area contributed by atoms with E-state index in [4.69, 9.17) is 0 Å². The number of aliphatic hydroxyl groups excluding tert-OH is 1. The lowest BCUT2D eigenvalue weighted by molar-refractivity contribution is 0.275. The van der Waals surface area contributed by atoms with Crippen LogP contribution in [0.2, 0.25) is 0 Å². The second-order valence-electron chi connectivity index (χ2n) is 5.05. The highest BCUT2D eigenvalue weighted by atomic mass is 16.3. The number of benzene rings is 1. The quantitative estimate of drug-likeness (QED) is 0.898. The summed E-state index contributed by atoms with van der Waals surface area (Å²) in [5.74, 6) is 0.521. The first-order chi connectivity index (χ1) is 9.17. The van der Waals surface area contributed by atoms with Gasteiger partial charge in [0.1, 0.15) is 5.69 Å². The largest absolute Gasteiger partial charge is 0.390 e. The van der Waals surface area contributed by atoms with Crippen molar-refractivity contribution in [3.05, 3.63) is 41.2 Å². The van der Waals surface area contributed by atoms with Crippen molar-refractivity contribution in [3.63, 3.8) is 0 Å². The van der Waals surface area contributed by atoms with Crippen molar-refractivity contribution in [2.75, 3.05) is 0 Å². The van der Waals surface area contributed by atoms with Crippen LogP contribution >= 0.6 is 0 Å². The van der Waals surface area contributed by atoms with E-state index in [2.05, 4.69) is 55.3 Å². The van der Waals surface area contributed by atoms with Gasteiger partial charge in [0.05, 0.1) is 18.0 Å². The molecular weight excluding hydrogens is 238 g/mol. The second-order valence-corrected chi connectivity index (χ2v) is 5.05. The van der Waals surface area contributed by atoms with Crippen molar-refractivity contribution in [2.45, 2.75) is 46.1 Å². The maximum absolute atomic E-state index is 9.31. The highest BCUT2D eigenvalue weighted by Crippen LogP contribution is 2.19. The maximum atomic E-state index is 9.31. The first kappa shape index (κ1) is 13.7. The lowest BCUT2D eigenvalue weighted by atomic mass is 10.0. The molecule has 1 aromatic carbocycles. The summed E-state index contributed by atoms with van der Waals surface area (Å²) in [5, 5.41) is 17.5. The summed E-state index contributed by atoms with van der Waals surface area (Å²) in [4.78, 5) is 0. The highest BCUT2D eigenvalue weighted by Gasteiger charge is 2.12. The van der Waals surface area contributed by atoms with Gasteiger partial charge in [-0.1, -0.05) is 44.5 Å². The smallest absolute Gasteiger partial charge is 0.112 e. The normalized spacial score (nSPS) is 11.2. The van der Waals surface area contributed by atoms with Gasteiger partial charge in [-0.15, -0.1) is 5.10 Å². The molecule has 0 unspecified atom stereocenters. The van der Waals surface area contributed by atoms with Crippen molar-refractivity contribution >= 4 is 0 Å². The molecule has 0 spiro atoms. The molecule has 1 aromatic heterocycles. The van der Waals surface area contributed by atoms with Gasteiger partial charge in [0.2, 0.25) is 0 Å². The minimum atomic E-state index is -0.0561. The monoisotopic (exact) mass is 259 g/mol. The molecule has 4 heteroatoms. The topological polar surface area (TPSA) is 50.9 Å². The van der Waals surface area contributed by atoms with E-state index in [0.29, 0.717) is 11.6 Å². The lowest BCUT2D eigenvalue weighted by Gasteiger charge is -2.09. The average molecular weight is 259 g/mol. The van der Waals surface area contributed by atoms with Gasteiger partial charge in [-0.25, -0.2) is 4.68 Å². The Morgan fingerprint density at radius 2 is 1.89 bits per heavy atom. The third kappa shape index (κ3) is 2.84. The Morgan fingerprint density at radius 1 is 1.21 bits per heavy atom. The fourth-order valence-corrected chi connectivity index (χ4v) is 2.15. The third-order valence-electron chi connectivity index (χ3n) is 3.28. The fourth-order valence-electron chi connectivity index (χ4n) is 2.15. The van der Waals surface area contributed by atoms with Gasteiger partial charge in [-0.05, 0) is 30.0 Å². The molecule has 2 rings (SSSR count). The van der Waals surface area contributed by atoms with E-state index in [0.717, 1.165) is 24.2 Å². The predicted molar refractivity (Wildman–Crippen MR) is 75.4 cm³/mol. The van der Waals surface area contributed by atoms with E-state index in [1.54, 1.807) is 0 Å². The Labute approximate surface area is 114 Å². The van der Waals surface area contributed by atoms with Gasteiger partial charge < -0.3 is 5.11 Å². The number of hydrogen-bond donors (Lipinski definition) is 1. The Balaban J connectivity index is 2.38. The van der Waals surface area contributed by atoms with Crippen LogP contribution in [-0.4, -0.2) is 20.1 Å². The van der Waals surface area contributed by atoms with Crippen molar-refractivity contribution < 1.29 is 5.11 Å². The molecule has 0 saturated heterocycles. The molecule has 1 N–H and O–H groups in total. The molecule has 4 nitrogen and oxygen atoms in total. The molecule has 0 saturated carbocycles. The Bertz CT molecular complexity index is 529. The molecule has 0 aliphatic heterocycles. The van der Waals surface area contributed by atoms with Gasteiger partial charge in [-0.3, -0.25) is 0 Å². The van der Waals surface area contributed by atoms with Crippen LogP contribution in [0.4, 0.5) is 0 Å². The fraction of sp³-hybridized carbons (Fsp3) is 0.467. The Hall–Kier alpha value is -1.68. The standard InChI is InChI=1S/C15H21N3O/c1-4-5-15-14(10-19)16-17-18(15)13-8-6-12(7-9-13)11(2)3/h6-9,11,19H,4-5,10H2,1-3H3. The maximum Gasteiger partial charge on any atom is 0.112 e. The molecule has 0 amide bonds. The molecule has 19 heavy (non-hydrogen) atoms. The molecule has 102 valence electrons. The van der Waals surface area contributed by atoms with Gasteiger partial charge in [0.25, 0.3) is 0 Å². The van der Waals surface area contributed by atoms with Crippen LogP contribution in [0.1, 0.15) is 50.1 Å². The number of aliphatic hydroxyl groups is 1. The van der Waals surface area contributed by atoms with Gasteiger partial charge in [0.15, 0.2) is 0 Å². The first-order valence-electron chi connectivity index (χ1n) is 6.82. The molecular formula is C15H21N3O. The summed E-state index contributed by atoms with van der Waals surface area (Å²) < 4.78 is 1.83. The van der Waals surface area contributed by atoms with Crippen LogP contribution in [0, 0.1) is 0 Å². The van der Waals surface area contributed by atoms with Crippen molar-refractivity contribution in [2.24, 2.45) is 0 Å². The summed E-state index contributed by atoms with van der Waals surface area (Å²) in [6, 6.07) is 8.36. The molecule has 0 fully saturated rings. The zero-order chi connectivity index (χ0) is 13.8. The Morgan fingerprint density at radius 3 is 2.42 bits per heavy atom. The summed E-state index contributed by atoms with van der Waals surface area (Å²) >= 11 is 0. The average Bonchev–Trinajstić information content (AvgIpc) is 2.82. The molecule has 0 aliphatic carbocycles. The molecule has 0 aliphatic rings. The number of hydrogen-bond acceptors (Lipinski definition) is 3. The van der Waals surface area contributed by atoms with Crippen molar-refractivity contribution in [3.8, 4) is 5.69 Å². The van der Waals surface area contributed by atoms with Gasteiger partial charge >= 0.3 is 0 Å². The van der Waals surface area contributed by atoms with Crippen LogP contribution in [0.25, 0.3) is 5.69 Å². The minimum absolute atomic E-state index is 0.0561. The van der Waals surface area contributed by atoms with Crippen LogP contribution in [0.15, 0.2) is 24.3 Å². The molecule has 0 atom stereocenters. The molecule has 1 heterocycles. The lowest BCUT2D eigenvalue weighted by Crippen LogP contribution is -2.04. The third-order valence-corrected chi connectivity index (χ3v) is 3.28. The van der Waals surface area contributed by atoms with Crippen LogP contribution < -0.4 is 0 Å². The van der Waals surface area contributed by atoms with E-state index in [1.165, 1.54) is 5.56 Å². The zero-order valence-corrected chi connectivity index (χ0v) is 11.8. The van der Waals surface area contributed by atoms with Crippen LogP contribution in [0.3, 0.4) is 0 Å². The van der Waals surface area contributed by atoms with E-state index in [1.807, 2.05) is 4.68 Å². The van der Waals surface area contributed by atoms with E-state index in [-0.39, 0.29) is 6.61 Å². The van der Waals surface area contributed by atoms with E-state index >= 15 is 0 Å². The number of nitrogens with zero attached hydrogens (tertiary/aromatic N) is 3. The van der Waals surface area contributed by atoms with E-state index < -0.39 is 0 Å². The summed E-state index contributed by atoms with van der Waals surface area (Å²) in [6.45, 7) is 6.41. The van der Waals surface area contributed by atoms with Crippen LogP contribution in [0.5, 0.6) is 0 Å². The Kier molecular flexibility index (Phi) is 4.32. The van der Waals surface area contributed by atoms with Crippen molar-refractivity contribution in [1.82, 2.24) is 15.0 Å². The molecule has 2 aromatic rings. The SMILES string of the molecule is CCCc1c(CO)nnn1-c1ccc(C(C)C)cc1. The van der Waals surface area contributed by atoms with E-state index in [9.17, 15) is 5.11 Å². The summed E-state index contributed by atoms with van der Waals surface area (Å²) in [6.07, 6.45) is 1.87. The summed E-state index contributed by atoms with van der Waals surface area (Å²) in [7, 11) is 0. The molecule has 0 bridgehead atoms. The second kappa shape index (κ2) is 5.97. The zero-order valence-electron chi connectivity index (χ0n) is 11.8. The van der Waals surface area contributed by atoms with Crippen LogP contribution in [-0.2, 0) is 13.0 Å². The summed E-state index contributed by atoms with van der Waals surface area (Å²) in [5.41, 5.74) is 3.99. The van der Waals surface area contributed by atoms with Gasteiger partial charge in [-0.2, -0.15) is 0 Å².